The molecule has 2 rings (SSSR count). The molecular weight excluding hydrogens is 346 g/mol. The molecule has 1 aromatic carbocycles. The molecule has 1 aliphatic heterocycles. The highest BCUT2D eigenvalue weighted by Crippen LogP contribution is 2.23. The first-order valence-electron chi connectivity index (χ1n) is 6.69. The minimum absolute atomic E-state index is 0.0122. The Balaban J connectivity index is 2.27. The number of carbonyl (C=O) groups is 1. The van der Waals surface area contributed by atoms with Crippen molar-refractivity contribution in [1.29, 1.82) is 0 Å². The largest absolute Gasteiger partial charge is 0.396 e. The van der Waals surface area contributed by atoms with Gasteiger partial charge in [-0.2, -0.15) is 0 Å². The Morgan fingerprint density at radius 1 is 1.38 bits per heavy atom. The highest BCUT2D eigenvalue weighted by atomic mass is 79.9. The third kappa shape index (κ3) is 3.59. The van der Waals surface area contributed by atoms with Crippen molar-refractivity contribution in [3.63, 3.8) is 0 Å². The van der Waals surface area contributed by atoms with Gasteiger partial charge in [0.05, 0.1) is 10.0 Å². The van der Waals surface area contributed by atoms with Gasteiger partial charge in [0.25, 0.3) is 5.91 Å². The van der Waals surface area contributed by atoms with E-state index in [2.05, 4.69) is 15.9 Å². The van der Waals surface area contributed by atoms with Crippen LogP contribution in [0.25, 0.3) is 0 Å². The summed E-state index contributed by atoms with van der Waals surface area (Å²) in [7, 11) is 1.92. The molecular formula is C14H17BrF2N2O2. The molecule has 0 radical (unpaired) electrons. The van der Waals surface area contributed by atoms with Crippen LogP contribution in [0.3, 0.4) is 0 Å². The molecule has 21 heavy (non-hydrogen) atoms. The zero-order valence-electron chi connectivity index (χ0n) is 11.7. The van der Waals surface area contributed by atoms with E-state index in [4.69, 9.17) is 5.11 Å². The molecule has 1 aromatic rings. The number of halogens is 3. The van der Waals surface area contributed by atoms with Gasteiger partial charge in [-0.3, -0.25) is 4.79 Å². The average molecular weight is 363 g/mol. The molecule has 1 fully saturated rings. The lowest BCUT2D eigenvalue weighted by Gasteiger charge is -2.40. The summed E-state index contributed by atoms with van der Waals surface area (Å²) in [5, 5.41) is 9.11. The van der Waals surface area contributed by atoms with Crippen molar-refractivity contribution in [2.45, 2.75) is 12.5 Å². The number of piperazine rings is 1. The zero-order valence-corrected chi connectivity index (χ0v) is 13.2. The van der Waals surface area contributed by atoms with Gasteiger partial charge in [0.15, 0.2) is 0 Å². The Morgan fingerprint density at radius 3 is 2.76 bits per heavy atom. The van der Waals surface area contributed by atoms with Crippen molar-refractivity contribution in [3.8, 4) is 0 Å². The number of aliphatic hydroxyl groups is 1. The monoisotopic (exact) mass is 362 g/mol. The van der Waals surface area contributed by atoms with Gasteiger partial charge in [0.2, 0.25) is 0 Å². The zero-order chi connectivity index (χ0) is 15.6. The van der Waals surface area contributed by atoms with Crippen LogP contribution in [-0.4, -0.2) is 60.1 Å². The van der Waals surface area contributed by atoms with Crippen molar-refractivity contribution >= 4 is 21.8 Å². The van der Waals surface area contributed by atoms with E-state index in [0.717, 1.165) is 12.1 Å². The maximum absolute atomic E-state index is 13.9. The number of likely N-dealkylation sites (N-methyl/N-ethyl adjacent to an activating group) is 1. The summed E-state index contributed by atoms with van der Waals surface area (Å²) in [5.74, 6) is -1.96. The number of nitrogens with zero attached hydrogens (tertiary/aromatic N) is 2. The lowest BCUT2D eigenvalue weighted by Crippen LogP contribution is -2.54. The predicted octanol–water partition coefficient (Wildman–Crippen LogP) is 1.87. The number of aliphatic hydroxyl groups excluding tert-OH is 1. The second kappa shape index (κ2) is 6.81. The second-order valence-corrected chi connectivity index (χ2v) is 6.03. The minimum Gasteiger partial charge on any atom is -0.396 e. The van der Waals surface area contributed by atoms with Crippen LogP contribution in [0.5, 0.6) is 0 Å². The summed E-state index contributed by atoms with van der Waals surface area (Å²) >= 11 is 2.89. The van der Waals surface area contributed by atoms with Gasteiger partial charge in [0.1, 0.15) is 11.6 Å². The van der Waals surface area contributed by atoms with Crippen molar-refractivity contribution in [1.82, 2.24) is 9.80 Å². The Morgan fingerprint density at radius 2 is 2.10 bits per heavy atom. The van der Waals surface area contributed by atoms with Crippen LogP contribution in [0.1, 0.15) is 16.8 Å². The lowest BCUT2D eigenvalue weighted by atomic mass is 10.1. The van der Waals surface area contributed by atoms with Gasteiger partial charge in [-0.25, -0.2) is 8.78 Å². The molecule has 1 unspecified atom stereocenters. The maximum Gasteiger partial charge on any atom is 0.257 e. The van der Waals surface area contributed by atoms with Crippen LogP contribution in [0, 0.1) is 11.6 Å². The SMILES string of the molecule is CN1CCN(C(=O)c2cc(F)c(Br)cc2F)C(CCO)C1. The highest BCUT2D eigenvalue weighted by Gasteiger charge is 2.31. The number of hydrogen-bond acceptors (Lipinski definition) is 3. The third-order valence-electron chi connectivity index (χ3n) is 3.65. The first-order chi connectivity index (χ1) is 9.93. The van der Waals surface area contributed by atoms with Gasteiger partial charge in [-0.05, 0) is 41.5 Å². The van der Waals surface area contributed by atoms with Crippen LogP contribution in [0.2, 0.25) is 0 Å². The Bertz CT molecular complexity index is 542. The van der Waals surface area contributed by atoms with Crippen LogP contribution in [-0.2, 0) is 0 Å². The minimum atomic E-state index is -0.755. The molecule has 4 nitrogen and oxygen atoms in total. The van der Waals surface area contributed by atoms with Crippen molar-refractivity contribution < 1.29 is 18.7 Å². The molecule has 1 heterocycles. The van der Waals surface area contributed by atoms with E-state index in [9.17, 15) is 13.6 Å². The van der Waals surface area contributed by atoms with E-state index in [-0.39, 0.29) is 22.7 Å². The van der Waals surface area contributed by atoms with Gasteiger partial charge in [-0.1, -0.05) is 0 Å². The molecule has 1 aliphatic rings. The normalized spacial score (nSPS) is 19.9. The number of amides is 1. The third-order valence-corrected chi connectivity index (χ3v) is 4.26. The second-order valence-electron chi connectivity index (χ2n) is 5.17. The van der Waals surface area contributed by atoms with Gasteiger partial charge >= 0.3 is 0 Å². The topological polar surface area (TPSA) is 43.8 Å². The fourth-order valence-corrected chi connectivity index (χ4v) is 2.83. The molecule has 1 atom stereocenters. The first-order valence-corrected chi connectivity index (χ1v) is 7.48. The van der Waals surface area contributed by atoms with Crippen LogP contribution < -0.4 is 0 Å². The van der Waals surface area contributed by atoms with Crippen molar-refractivity contribution in [2.75, 3.05) is 33.3 Å². The Kier molecular flexibility index (Phi) is 5.29. The summed E-state index contributed by atoms with van der Waals surface area (Å²) in [5.41, 5.74) is -0.275. The van der Waals surface area contributed by atoms with E-state index in [1.807, 2.05) is 11.9 Å². The number of carbonyl (C=O) groups excluding carboxylic acids is 1. The molecule has 0 saturated carbocycles. The van der Waals surface area contributed by atoms with E-state index >= 15 is 0 Å². The smallest absolute Gasteiger partial charge is 0.257 e. The standard InChI is InChI=1S/C14H17BrF2N2O2/c1-18-3-4-19(9(8-18)2-5-20)14(21)10-6-13(17)11(15)7-12(10)16/h6-7,9,20H,2-5,8H2,1H3. The summed E-state index contributed by atoms with van der Waals surface area (Å²) in [6.45, 7) is 1.64. The van der Waals surface area contributed by atoms with Gasteiger partial charge in [0, 0.05) is 32.3 Å². The van der Waals surface area contributed by atoms with Crippen molar-refractivity contribution in [2.24, 2.45) is 0 Å². The Labute approximate surface area is 130 Å². The van der Waals surface area contributed by atoms with E-state index < -0.39 is 17.5 Å². The van der Waals surface area contributed by atoms with Crippen LogP contribution in [0.15, 0.2) is 16.6 Å². The molecule has 1 amide bonds. The quantitative estimate of drug-likeness (QED) is 0.834. The summed E-state index contributed by atoms with van der Waals surface area (Å²) in [4.78, 5) is 16.0. The van der Waals surface area contributed by atoms with Gasteiger partial charge in [-0.15, -0.1) is 0 Å². The van der Waals surface area contributed by atoms with Crippen LogP contribution in [0.4, 0.5) is 8.78 Å². The highest BCUT2D eigenvalue weighted by molar-refractivity contribution is 9.10. The van der Waals surface area contributed by atoms with Crippen molar-refractivity contribution in [3.05, 3.63) is 33.8 Å². The van der Waals surface area contributed by atoms with E-state index in [1.165, 1.54) is 4.90 Å². The Hall–Kier alpha value is -1.05. The van der Waals surface area contributed by atoms with E-state index in [1.54, 1.807) is 0 Å². The molecule has 0 aliphatic carbocycles. The predicted molar refractivity (Wildman–Crippen MR) is 78.1 cm³/mol. The molecule has 0 bridgehead atoms. The molecule has 7 heteroatoms. The lowest BCUT2D eigenvalue weighted by molar-refractivity contribution is 0.0443. The number of benzene rings is 1. The molecule has 0 spiro atoms. The fraction of sp³-hybridized carbons (Fsp3) is 0.500. The summed E-state index contributed by atoms with van der Waals surface area (Å²) in [6, 6.07) is 1.67. The van der Waals surface area contributed by atoms with Crippen LogP contribution >= 0.6 is 15.9 Å². The molecule has 116 valence electrons. The summed E-state index contributed by atoms with van der Waals surface area (Å²) < 4.78 is 27.5. The molecule has 1 N–H and O–H groups in total. The molecule has 0 aromatic heterocycles. The summed E-state index contributed by atoms with van der Waals surface area (Å²) in [6.07, 6.45) is 0.413. The number of rotatable bonds is 3. The fourth-order valence-electron chi connectivity index (χ4n) is 2.52. The van der Waals surface area contributed by atoms with Gasteiger partial charge < -0.3 is 14.9 Å². The first kappa shape index (κ1) is 16.3. The maximum atomic E-state index is 13.9. The molecule has 1 saturated heterocycles. The average Bonchev–Trinajstić information content (AvgIpc) is 2.43. The van der Waals surface area contributed by atoms with E-state index in [0.29, 0.717) is 26.1 Å². The number of hydrogen-bond donors (Lipinski definition) is 1.